The SMILES string of the molecule is CC(O)CCNC(=O)/C=C/c1cccc(N)c1. The highest BCUT2D eigenvalue weighted by Gasteiger charge is 1.98. The van der Waals surface area contributed by atoms with Crippen molar-refractivity contribution >= 4 is 17.7 Å². The van der Waals surface area contributed by atoms with Gasteiger partial charge in [-0.05, 0) is 37.1 Å². The maximum atomic E-state index is 11.4. The van der Waals surface area contributed by atoms with Crippen LogP contribution in [-0.2, 0) is 4.79 Å². The number of aliphatic hydroxyl groups excluding tert-OH is 1. The van der Waals surface area contributed by atoms with Gasteiger partial charge in [-0.2, -0.15) is 0 Å². The zero-order valence-corrected chi connectivity index (χ0v) is 9.89. The molecule has 0 aromatic heterocycles. The van der Waals surface area contributed by atoms with Crippen molar-refractivity contribution in [2.24, 2.45) is 0 Å². The second-order valence-corrected chi connectivity index (χ2v) is 3.93. The van der Waals surface area contributed by atoms with E-state index < -0.39 is 6.10 Å². The summed E-state index contributed by atoms with van der Waals surface area (Å²) in [6.07, 6.45) is 3.32. The van der Waals surface area contributed by atoms with Crippen LogP contribution in [0, 0.1) is 0 Å². The van der Waals surface area contributed by atoms with Gasteiger partial charge in [-0.15, -0.1) is 0 Å². The van der Waals surface area contributed by atoms with Crippen LogP contribution in [0.25, 0.3) is 6.08 Å². The Morgan fingerprint density at radius 3 is 3.00 bits per heavy atom. The van der Waals surface area contributed by atoms with Crippen LogP contribution in [0.15, 0.2) is 30.3 Å². The smallest absolute Gasteiger partial charge is 0.244 e. The van der Waals surface area contributed by atoms with Crippen LogP contribution in [0.5, 0.6) is 0 Å². The number of benzene rings is 1. The maximum absolute atomic E-state index is 11.4. The first-order valence-electron chi connectivity index (χ1n) is 5.57. The Hall–Kier alpha value is -1.81. The lowest BCUT2D eigenvalue weighted by atomic mass is 10.2. The molecule has 0 bridgehead atoms. The average molecular weight is 234 g/mol. The molecule has 4 N–H and O–H groups in total. The Bertz CT molecular complexity index is 400. The van der Waals surface area contributed by atoms with E-state index in [2.05, 4.69) is 5.32 Å². The zero-order chi connectivity index (χ0) is 12.7. The molecular formula is C13H18N2O2. The Labute approximate surface area is 101 Å². The minimum Gasteiger partial charge on any atom is -0.399 e. The summed E-state index contributed by atoms with van der Waals surface area (Å²) in [5, 5.41) is 11.7. The number of rotatable bonds is 5. The first-order valence-corrected chi connectivity index (χ1v) is 5.57. The first kappa shape index (κ1) is 13.3. The van der Waals surface area contributed by atoms with Gasteiger partial charge in [0.2, 0.25) is 5.91 Å². The van der Waals surface area contributed by atoms with Crippen LogP contribution in [0.4, 0.5) is 5.69 Å². The van der Waals surface area contributed by atoms with E-state index in [1.807, 2.05) is 12.1 Å². The standard InChI is InChI=1S/C13H18N2O2/c1-10(16)7-8-15-13(17)6-5-11-3-2-4-12(14)9-11/h2-6,9-10,16H,7-8,14H2,1H3,(H,15,17)/b6-5+. The molecule has 1 amide bonds. The predicted molar refractivity (Wildman–Crippen MR) is 69.2 cm³/mol. The molecule has 0 radical (unpaired) electrons. The lowest BCUT2D eigenvalue weighted by Crippen LogP contribution is -2.24. The number of nitrogens with one attached hydrogen (secondary N) is 1. The lowest BCUT2D eigenvalue weighted by Gasteiger charge is -2.04. The van der Waals surface area contributed by atoms with Crippen LogP contribution in [0.3, 0.4) is 0 Å². The summed E-state index contributed by atoms with van der Waals surface area (Å²) in [4.78, 5) is 11.4. The molecule has 0 aliphatic heterocycles. The summed E-state index contributed by atoms with van der Waals surface area (Å²) in [5.74, 6) is -0.173. The Balaban J connectivity index is 2.40. The largest absolute Gasteiger partial charge is 0.399 e. The van der Waals surface area contributed by atoms with E-state index in [0.717, 1.165) is 5.56 Å². The molecule has 0 heterocycles. The molecule has 0 aliphatic rings. The van der Waals surface area contributed by atoms with E-state index >= 15 is 0 Å². The topological polar surface area (TPSA) is 75.3 Å². The molecule has 17 heavy (non-hydrogen) atoms. The van der Waals surface area contributed by atoms with Gasteiger partial charge in [0, 0.05) is 18.3 Å². The molecule has 0 fully saturated rings. The zero-order valence-electron chi connectivity index (χ0n) is 9.89. The van der Waals surface area contributed by atoms with Gasteiger partial charge in [-0.3, -0.25) is 4.79 Å². The minimum absolute atomic E-state index is 0.173. The van der Waals surface area contributed by atoms with Gasteiger partial charge in [0.15, 0.2) is 0 Å². The molecular weight excluding hydrogens is 216 g/mol. The van der Waals surface area contributed by atoms with E-state index in [9.17, 15) is 4.79 Å². The average Bonchev–Trinajstić information content (AvgIpc) is 2.26. The molecule has 1 rings (SSSR count). The highest BCUT2D eigenvalue weighted by molar-refractivity contribution is 5.91. The number of amides is 1. The molecule has 1 aromatic rings. The number of nitrogens with two attached hydrogens (primary N) is 1. The summed E-state index contributed by atoms with van der Waals surface area (Å²) in [6, 6.07) is 7.29. The van der Waals surface area contributed by atoms with E-state index in [1.54, 1.807) is 25.1 Å². The van der Waals surface area contributed by atoms with Crippen LogP contribution in [0.2, 0.25) is 0 Å². The number of carbonyl (C=O) groups excluding carboxylic acids is 1. The summed E-state index contributed by atoms with van der Waals surface area (Å²) >= 11 is 0. The van der Waals surface area contributed by atoms with Crippen molar-refractivity contribution in [1.82, 2.24) is 5.32 Å². The summed E-state index contributed by atoms with van der Waals surface area (Å²) in [5.41, 5.74) is 7.17. The Morgan fingerprint density at radius 2 is 2.35 bits per heavy atom. The van der Waals surface area contributed by atoms with Crippen LogP contribution in [0.1, 0.15) is 18.9 Å². The Kier molecular flexibility index (Phi) is 5.23. The van der Waals surface area contributed by atoms with E-state index in [4.69, 9.17) is 10.8 Å². The molecule has 92 valence electrons. The number of hydrogen-bond acceptors (Lipinski definition) is 3. The normalized spacial score (nSPS) is 12.6. The van der Waals surface area contributed by atoms with Crippen molar-refractivity contribution in [1.29, 1.82) is 0 Å². The van der Waals surface area contributed by atoms with E-state index in [-0.39, 0.29) is 5.91 Å². The fourth-order valence-corrected chi connectivity index (χ4v) is 1.30. The van der Waals surface area contributed by atoms with Gasteiger partial charge in [0.1, 0.15) is 0 Å². The number of nitrogen functional groups attached to an aromatic ring is 1. The van der Waals surface area contributed by atoms with Gasteiger partial charge < -0.3 is 16.2 Å². The molecule has 4 heteroatoms. The lowest BCUT2D eigenvalue weighted by molar-refractivity contribution is -0.116. The van der Waals surface area contributed by atoms with E-state index in [0.29, 0.717) is 18.7 Å². The summed E-state index contributed by atoms with van der Waals surface area (Å²) in [7, 11) is 0. The number of aliphatic hydroxyl groups is 1. The molecule has 0 aliphatic carbocycles. The van der Waals surface area contributed by atoms with Gasteiger partial charge in [-0.1, -0.05) is 12.1 Å². The van der Waals surface area contributed by atoms with Crippen molar-refractivity contribution < 1.29 is 9.90 Å². The molecule has 0 saturated carbocycles. The summed E-state index contributed by atoms with van der Waals surface area (Å²) in [6.45, 7) is 2.16. The van der Waals surface area contributed by atoms with Gasteiger partial charge in [0.05, 0.1) is 6.10 Å². The maximum Gasteiger partial charge on any atom is 0.244 e. The van der Waals surface area contributed by atoms with Gasteiger partial charge in [0.25, 0.3) is 0 Å². The highest BCUT2D eigenvalue weighted by Crippen LogP contribution is 2.07. The molecule has 1 aromatic carbocycles. The fraction of sp³-hybridized carbons (Fsp3) is 0.308. The van der Waals surface area contributed by atoms with Crippen LogP contribution >= 0.6 is 0 Å². The number of anilines is 1. The van der Waals surface area contributed by atoms with Crippen molar-refractivity contribution in [2.45, 2.75) is 19.4 Å². The summed E-state index contributed by atoms with van der Waals surface area (Å²) < 4.78 is 0. The molecule has 1 unspecified atom stereocenters. The molecule has 1 atom stereocenters. The van der Waals surface area contributed by atoms with Crippen molar-refractivity contribution in [2.75, 3.05) is 12.3 Å². The number of carbonyl (C=O) groups is 1. The van der Waals surface area contributed by atoms with Crippen LogP contribution < -0.4 is 11.1 Å². The highest BCUT2D eigenvalue weighted by atomic mass is 16.3. The minimum atomic E-state index is -0.395. The van der Waals surface area contributed by atoms with Crippen LogP contribution in [-0.4, -0.2) is 23.7 Å². The van der Waals surface area contributed by atoms with Crippen molar-refractivity contribution in [3.63, 3.8) is 0 Å². The van der Waals surface area contributed by atoms with Crippen molar-refractivity contribution in [3.05, 3.63) is 35.9 Å². The monoisotopic (exact) mass is 234 g/mol. The third-order valence-corrected chi connectivity index (χ3v) is 2.20. The van der Waals surface area contributed by atoms with Crippen molar-refractivity contribution in [3.8, 4) is 0 Å². The van der Waals surface area contributed by atoms with Gasteiger partial charge >= 0.3 is 0 Å². The third-order valence-electron chi connectivity index (χ3n) is 2.20. The second kappa shape index (κ2) is 6.70. The number of hydrogen-bond donors (Lipinski definition) is 3. The van der Waals surface area contributed by atoms with Gasteiger partial charge in [-0.25, -0.2) is 0 Å². The Morgan fingerprint density at radius 1 is 1.59 bits per heavy atom. The second-order valence-electron chi connectivity index (χ2n) is 3.93. The molecule has 0 spiro atoms. The third kappa shape index (κ3) is 5.73. The fourth-order valence-electron chi connectivity index (χ4n) is 1.30. The quantitative estimate of drug-likeness (QED) is 0.529. The molecule has 4 nitrogen and oxygen atoms in total. The first-order chi connectivity index (χ1) is 8.08. The van der Waals surface area contributed by atoms with E-state index in [1.165, 1.54) is 6.08 Å². The molecule has 0 saturated heterocycles. The predicted octanol–water partition coefficient (Wildman–Crippen LogP) is 1.17.